The zero-order valence-corrected chi connectivity index (χ0v) is 48.0. The Morgan fingerprint density at radius 1 is 0.639 bits per heavy atom. The number of alkyl halides is 1. The van der Waals surface area contributed by atoms with Crippen molar-refractivity contribution in [2.45, 2.75) is 203 Å². The maximum Gasteiger partial charge on any atom is 0.335 e. The maximum atomic E-state index is 14.2. The third kappa shape index (κ3) is 28.0. The van der Waals surface area contributed by atoms with E-state index in [1.165, 1.54) is 6.92 Å². The summed E-state index contributed by atoms with van der Waals surface area (Å²) in [6, 6.07) is -15.5. The largest absolute Gasteiger partial charge is 0.479 e. The second-order valence-corrected chi connectivity index (χ2v) is 20.2. The van der Waals surface area contributed by atoms with Crippen molar-refractivity contribution in [3.05, 3.63) is 11.8 Å². The molecule has 1 unspecified atom stereocenters. The molecule has 0 radical (unpaired) electrons. The average Bonchev–Trinajstić information content (AvgIpc) is 3.52. The van der Waals surface area contributed by atoms with Crippen LogP contribution in [-0.4, -0.2) is 201 Å². The van der Waals surface area contributed by atoms with E-state index >= 15 is 0 Å². The number of carboxylic acids is 1. The number of carbonyl (C=O) groups excluding carboxylic acids is 11. The molecular formula is C51H88ClN13O18. The summed E-state index contributed by atoms with van der Waals surface area (Å²) in [7, 11) is 0. The molecule has 31 nitrogen and oxygen atoms in total. The van der Waals surface area contributed by atoms with E-state index in [1.54, 1.807) is 0 Å². The van der Waals surface area contributed by atoms with Gasteiger partial charge < -0.3 is 101 Å². The molecule has 0 aliphatic carbocycles. The summed E-state index contributed by atoms with van der Waals surface area (Å²) in [5, 5.41) is 72.6. The minimum absolute atomic E-state index is 0.140. The van der Waals surface area contributed by atoms with E-state index in [0.717, 1.165) is 64.4 Å². The molecule has 22 N–H and O–H groups in total. The van der Waals surface area contributed by atoms with Gasteiger partial charge in [0.15, 0.2) is 12.1 Å². The van der Waals surface area contributed by atoms with Gasteiger partial charge in [0.25, 0.3) is 5.91 Å². The first-order valence-corrected chi connectivity index (χ1v) is 28.3. The van der Waals surface area contributed by atoms with Crippen molar-refractivity contribution in [2.75, 3.05) is 32.1 Å². The van der Waals surface area contributed by atoms with Gasteiger partial charge >= 0.3 is 11.9 Å². The highest BCUT2D eigenvalue weighted by Crippen LogP contribution is 2.14. The summed E-state index contributed by atoms with van der Waals surface area (Å²) < 4.78 is 5.29. The molecule has 10 amide bonds. The van der Waals surface area contributed by atoms with Crippen molar-refractivity contribution in [1.29, 1.82) is 0 Å². The number of primary amides is 1. The van der Waals surface area contributed by atoms with Crippen LogP contribution in [0.4, 0.5) is 0 Å². The van der Waals surface area contributed by atoms with E-state index in [9.17, 15) is 83.1 Å². The van der Waals surface area contributed by atoms with E-state index in [4.69, 9.17) is 39.3 Å². The summed E-state index contributed by atoms with van der Waals surface area (Å²) in [4.78, 5) is 163. The Labute approximate surface area is 486 Å². The van der Waals surface area contributed by atoms with Gasteiger partial charge in [-0.1, -0.05) is 70.8 Å². The number of esters is 1. The molecule has 83 heavy (non-hydrogen) atoms. The van der Waals surface area contributed by atoms with Gasteiger partial charge in [0.1, 0.15) is 54.6 Å². The molecule has 0 aromatic carbocycles. The van der Waals surface area contributed by atoms with Crippen LogP contribution < -0.4 is 70.8 Å². The number of unbranched alkanes of at least 4 members (excludes halogenated alkanes) is 9. The SMILES string of the molecule is C/C=C1/NC(=O)[C@H]([C@H](C)O)NC(=O)[C@H](CCN)NC(=O)[C@H](CCCCN)NC(=O)[C@H](CC(N)=O)NC(=O)[C@@H](CCN)NC(=O)[C@@H](NC(=O)C[C@@H](O)CCCCCCCCCCC)COC(=O)[C@H]([C@H](O)CCl)NC(=O)[C@H](C(O)C(=O)O)NC1=O. The zero-order valence-electron chi connectivity index (χ0n) is 47.3. The average molecular weight is 1210 g/mol. The van der Waals surface area contributed by atoms with Crippen molar-refractivity contribution < 1.29 is 87.8 Å². The predicted octanol–water partition coefficient (Wildman–Crippen LogP) is -5.76. The minimum Gasteiger partial charge on any atom is -0.479 e. The molecule has 0 aromatic heterocycles. The number of cyclic esters (lactones) is 1. The van der Waals surface area contributed by atoms with Crippen molar-refractivity contribution in [3.8, 4) is 0 Å². The van der Waals surface area contributed by atoms with Gasteiger partial charge in [-0.05, 0) is 72.0 Å². The smallest absolute Gasteiger partial charge is 0.335 e. The lowest BCUT2D eigenvalue weighted by atomic mass is 10.0. The highest BCUT2D eigenvalue weighted by Gasteiger charge is 2.41. The summed E-state index contributed by atoms with van der Waals surface area (Å²) in [6.45, 7) is 2.70. The third-order valence-electron chi connectivity index (χ3n) is 13.0. The first-order valence-electron chi connectivity index (χ1n) is 27.8. The van der Waals surface area contributed by atoms with Crippen LogP contribution in [-0.2, 0) is 62.3 Å². The van der Waals surface area contributed by atoms with Gasteiger partial charge in [0, 0.05) is 0 Å². The van der Waals surface area contributed by atoms with Gasteiger partial charge in [0.2, 0.25) is 53.2 Å². The molecule has 472 valence electrons. The molecule has 0 spiro atoms. The Bertz CT molecular complexity index is 2190. The number of carboxylic acid groups (broad SMARTS) is 1. The quantitative estimate of drug-likeness (QED) is 0.0150. The molecular weight excluding hydrogens is 1120 g/mol. The van der Waals surface area contributed by atoms with Crippen molar-refractivity contribution in [2.24, 2.45) is 22.9 Å². The van der Waals surface area contributed by atoms with Gasteiger partial charge in [-0.2, -0.15) is 0 Å². The Morgan fingerprint density at radius 3 is 1.65 bits per heavy atom. The molecule has 0 saturated carbocycles. The second kappa shape index (κ2) is 40.6. The number of hydrogen-bond donors (Lipinski definition) is 18. The molecule has 1 rings (SSSR count). The van der Waals surface area contributed by atoms with Crippen LogP contribution in [0.1, 0.15) is 130 Å². The normalized spacial score (nSPS) is 24.5. The van der Waals surface area contributed by atoms with Crippen molar-refractivity contribution in [3.63, 3.8) is 0 Å². The van der Waals surface area contributed by atoms with Crippen molar-refractivity contribution in [1.82, 2.24) is 47.9 Å². The highest BCUT2D eigenvalue weighted by molar-refractivity contribution is 6.18. The van der Waals surface area contributed by atoms with E-state index < -0.39 is 181 Å². The van der Waals surface area contributed by atoms with Gasteiger partial charge in [0.05, 0.1) is 37.0 Å². The molecule has 1 aliphatic heterocycles. The lowest BCUT2D eigenvalue weighted by molar-refractivity contribution is -0.155. The molecule has 1 saturated heterocycles. The molecule has 32 heteroatoms. The van der Waals surface area contributed by atoms with E-state index in [1.807, 2.05) is 10.6 Å². The number of rotatable bonds is 28. The number of ether oxygens (including phenoxy) is 1. The summed E-state index contributed by atoms with van der Waals surface area (Å²) in [5.74, 6) is -17.0. The number of halogens is 1. The summed E-state index contributed by atoms with van der Waals surface area (Å²) in [5.41, 5.74) is 21.9. The van der Waals surface area contributed by atoms with Crippen LogP contribution in [0.15, 0.2) is 11.8 Å². The Balaban J connectivity index is 4.01. The fraction of sp³-hybridized carbons (Fsp3) is 0.725. The van der Waals surface area contributed by atoms with E-state index in [-0.39, 0.29) is 45.3 Å². The standard InChI is InChI=1S/C51H88ClN13O18/c1-4-6-7-8-9-10-11-12-13-16-28(67)23-37(70)57-34-26-83-51(82)39(35(68)25-52)64-49(79)40(41(71)50(80)81)65-42(72)29(5-2)58-48(78)38(27(3)66)63-45(75)32(19-22-55)60-43(73)30(17-14-15-20-53)59-46(76)33(24-36(56)69)62-44(74)31(18-21-54)61-47(34)77/h5,27-28,30-35,38-41,66-68,71H,4,6-26,53-55H2,1-3H3,(H2,56,69)(H,57,70)(H,58,78)(H,59,76)(H,60,73)(H,61,77)(H,62,74)(H,63,75)(H,64,79)(H,65,72)(H,80,81)/b29-5+/t27-,28-,30-,31+,32-,33-,34-,35+,38-,39-,40-,41?/m0/s1. The predicted molar refractivity (Wildman–Crippen MR) is 297 cm³/mol. The van der Waals surface area contributed by atoms with Gasteiger partial charge in [-0.25, -0.2) is 9.59 Å². The number of nitrogens with one attached hydrogen (secondary N) is 9. The lowest BCUT2D eigenvalue weighted by Crippen LogP contribution is -2.62. The Hall–Kier alpha value is -6.61. The molecule has 1 heterocycles. The monoisotopic (exact) mass is 1210 g/mol. The van der Waals surface area contributed by atoms with Crippen LogP contribution in [0, 0.1) is 0 Å². The molecule has 1 aliphatic rings. The number of hydrogen-bond acceptors (Lipinski definition) is 20. The van der Waals surface area contributed by atoms with Crippen LogP contribution in [0.25, 0.3) is 0 Å². The van der Waals surface area contributed by atoms with Crippen LogP contribution in [0.2, 0.25) is 0 Å². The lowest BCUT2D eigenvalue weighted by Gasteiger charge is -2.28. The maximum absolute atomic E-state index is 14.2. The van der Waals surface area contributed by atoms with E-state index in [2.05, 4.69) is 44.1 Å². The summed E-state index contributed by atoms with van der Waals surface area (Å²) in [6.07, 6.45) is 0.0986. The molecule has 0 bridgehead atoms. The number of amides is 10. The molecule has 0 aromatic rings. The number of carbonyl (C=O) groups is 12. The Kier molecular flexibility index (Phi) is 36.4. The topological polar surface area (TPSA) is 528 Å². The minimum atomic E-state index is -2.82. The van der Waals surface area contributed by atoms with Gasteiger partial charge in [-0.3, -0.25) is 47.9 Å². The summed E-state index contributed by atoms with van der Waals surface area (Å²) >= 11 is 5.86. The molecule has 1 fully saturated rings. The third-order valence-corrected chi connectivity index (χ3v) is 13.3. The van der Waals surface area contributed by atoms with Crippen molar-refractivity contribution >= 4 is 82.6 Å². The van der Waals surface area contributed by atoms with Crippen LogP contribution in [0.3, 0.4) is 0 Å². The first kappa shape index (κ1) is 74.4. The number of aliphatic hydroxyl groups excluding tert-OH is 4. The highest BCUT2D eigenvalue weighted by atomic mass is 35.5. The van der Waals surface area contributed by atoms with Crippen LogP contribution >= 0.6 is 11.6 Å². The number of allylic oxidation sites excluding steroid dienone is 1. The zero-order chi connectivity index (χ0) is 62.8. The fourth-order valence-corrected chi connectivity index (χ4v) is 8.43. The number of aliphatic hydroxyl groups is 4. The number of aliphatic carboxylic acids is 1. The first-order chi connectivity index (χ1) is 39.3. The van der Waals surface area contributed by atoms with Gasteiger partial charge in [-0.15, -0.1) is 11.6 Å². The number of nitrogens with two attached hydrogens (primary N) is 4. The molecule has 12 atom stereocenters. The van der Waals surface area contributed by atoms with Crippen LogP contribution in [0.5, 0.6) is 0 Å². The Morgan fingerprint density at radius 2 is 1.14 bits per heavy atom. The second-order valence-electron chi connectivity index (χ2n) is 19.9. The van der Waals surface area contributed by atoms with E-state index in [0.29, 0.717) is 12.8 Å². The fourth-order valence-electron chi connectivity index (χ4n) is 8.25.